The molecule has 1 aliphatic carbocycles. The van der Waals surface area contributed by atoms with Crippen molar-refractivity contribution in [3.63, 3.8) is 0 Å². The Morgan fingerprint density at radius 1 is 1.06 bits per heavy atom. The molecule has 92 valence electrons. The Balaban J connectivity index is 1.70. The van der Waals surface area contributed by atoms with E-state index in [9.17, 15) is 4.79 Å². The number of benzene rings is 1. The molecule has 1 nitrogen and oxygen atoms in total. The smallest absolute Gasteiger partial charge is 0.137 e. The van der Waals surface area contributed by atoms with E-state index >= 15 is 0 Å². The molecule has 1 aromatic rings. The molecule has 1 saturated carbocycles. The molecule has 17 heavy (non-hydrogen) atoms. The summed E-state index contributed by atoms with van der Waals surface area (Å²) >= 11 is 0. The lowest BCUT2D eigenvalue weighted by atomic mass is 9.85. The van der Waals surface area contributed by atoms with Crippen molar-refractivity contribution in [2.75, 3.05) is 0 Å². The van der Waals surface area contributed by atoms with E-state index < -0.39 is 0 Å². The van der Waals surface area contributed by atoms with Crippen molar-refractivity contribution in [2.45, 2.75) is 51.4 Å². The fourth-order valence-corrected chi connectivity index (χ4v) is 2.75. The molecular weight excluding hydrogens is 208 g/mol. The first kappa shape index (κ1) is 12.3. The van der Waals surface area contributed by atoms with Gasteiger partial charge in [0.05, 0.1) is 0 Å². The molecule has 0 aromatic heterocycles. The highest BCUT2D eigenvalue weighted by atomic mass is 16.1. The van der Waals surface area contributed by atoms with E-state index in [4.69, 9.17) is 0 Å². The number of hydrogen-bond donors (Lipinski definition) is 0. The molecule has 2 rings (SSSR count). The quantitative estimate of drug-likeness (QED) is 0.742. The van der Waals surface area contributed by atoms with Gasteiger partial charge < -0.3 is 0 Å². The minimum Gasteiger partial charge on any atom is -0.299 e. The molecule has 0 radical (unpaired) electrons. The van der Waals surface area contributed by atoms with Crippen molar-refractivity contribution in [2.24, 2.45) is 5.92 Å². The van der Waals surface area contributed by atoms with Gasteiger partial charge in [0.1, 0.15) is 5.78 Å². The van der Waals surface area contributed by atoms with E-state index in [1.54, 1.807) is 0 Å². The number of carbonyl (C=O) groups is 1. The first-order valence-corrected chi connectivity index (χ1v) is 6.90. The monoisotopic (exact) mass is 230 g/mol. The van der Waals surface area contributed by atoms with Crippen molar-refractivity contribution in [3.05, 3.63) is 35.9 Å². The van der Waals surface area contributed by atoms with Crippen LogP contribution in [-0.2, 0) is 11.2 Å². The van der Waals surface area contributed by atoms with Gasteiger partial charge in [0.15, 0.2) is 0 Å². The van der Waals surface area contributed by atoms with E-state index in [1.165, 1.54) is 32.1 Å². The summed E-state index contributed by atoms with van der Waals surface area (Å²) in [7, 11) is 0. The minimum atomic E-state index is 0.404. The Bertz CT molecular complexity index is 336. The fourth-order valence-electron chi connectivity index (χ4n) is 2.75. The van der Waals surface area contributed by atoms with Gasteiger partial charge >= 0.3 is 0 Å². The van der Waals surface area contributed by atoms with Crippen LogP contribution in [-0.4, -0.2) is 5.78 Å². The summed E-state index contributed by atoms with van der Waals surface area (Å²) in [6.45, 7) is 0. The molecule has 0 spiro atoms. The van der Waals surface area contributed by atoms with Crippen LogP contribution in [0.3, 0.4) is 0 Å². The standard InChI is InChI=1S/C16H22O/c17-16(13-15-9-5-2-6-10-15)12-11-14-7-3-1-4-8-14/h2,5-6,9-10,14H,1,3-4,7-8,11-13H2. The molecule has 0 amide bonds. The second-order valence-electron chi connectivity index (χ2n) is 5.24. The highest BCUT2D eigenvalue weighted by Crippen LogP contribution is 2.27. The summed E-state index contributed by atoms with van der Waals surface area (Å²) in [4.78, 5) is 11.9. The van der Waals surface area contributed by atoms with Gasteiger partial charge in [0.25, 0.3) is 0 Å². The highest BCUT2D eigenvalue weighted by molar-refractivity contribution is 5.80. The third-order valence-electron chi connectivity index (χ3n) is 3.80. The van der Waals surface area contributed by atoms with Gasteiger partial charge in [-0.2, -0.15) is 0 Å². The lowest BCUT2D eigenvalue weighted by Gasteiger charge is -2.20. The van der Waals surface area contributed by atoms with E-state index in [0.717, 1.165) is 24.3 Å². The van der Waals surface area contributed by atoms with Gasteiger partial charge in [-0.1, -0.05) is 62.4 Å². The molecule has 0 saturated heterocycles. The van der Waals surface area contributed by atoms with Gasteiger partial charge in [0.2, 0.25) is 0 Å². The van der Waals surface area contributed by atoms with Crippen LogP contribution in [0.15, 0.2) is 30.3 Å². The van der Waals surface area contributed by atoms with Crippen LogP contribution in [0.2, 0.25) is 0 Å². The fraction of sp³-hybridized carbons (Fsp3) is 0.562. The average molecular weight is 230 g/mol. The van der Waals surface area contributed by atoms with Crippen molar-refractivity contribution in [1.82, 2.24) is 0 Å². The Hall–Kier alpha value is -1.11. The van der Waals surface area contributed by atoms with Crippen LogP contribution < -0.4 is 0 Å². The first-order chi connectivity index (χ1) is 8.34. The predicted octanol–water partition coefficient (Wildman–Crippen LogP) is 4.16. The summed E-state index contributed by atoms with van der Waals surface area (Å²) in [6, 6.07) is 10.1. The zero-order valence-electron chi connectivity index (χ0n) is 10.5. The van der Waals surface area contributed by atoms with Gasteiger partial charge in [-0.25, -0.2) is 0 Å². The topological polar surface area (TPSA) is 17.1 Å². The maximum absolute atomic E-state index is 11.9. The molecule has 1 aromatic carbocycles. The Kier molecular flexibility index (Phi) is 4.78. The summed E-state index contributed by atoms with van der Waals surface area (Å²) in [5, 5.41) is 0. The second-order valence-corrected chi connectivity index (χ2v) is 5.24. The molecular formula is C16H22O. The van der Waals surface area contributed by atoms with Gasteiger partial charge in [-0.3, -0.25) is 4.79 Å². The second kappa shape index (κ2) is 6.58. The van der Waals surface area contributed by atoms with Crippen molar-refractivity contribution >= 4 is 5.78 Å². The highest BCUT2D eigenvalue weighted by Gasteiger charge is 2.14. The Labute approximate surface area is 104 Å². The van der Waals surface area contributed by atoms with E-state index in [2.05, 4.69) is 0 Å². The SMILES string of the molecule is O=C(CCC1CCCCC1)Cc1ccccc1. The van der Waals surface area contributed by atoms with E-state index in [-0.39, 0.29) is 0 Å². The summed E-state index contributed by atoms with van der Waals surface area (Å²) in [6.07, 6.45) is 9.35. The molecule has 1 fully saturated rings. The summed E-state index contributed by atoms with van der Waals surface area (Å²) in [5.74, 6) is 1.23. The van der Waals surface area contributed by atoms with Crippen LogP contribution in [0.4, 0.5) is 0 Å². The third kappa shape index (κ3) is 4.33. The zero-order chi connectivity index (χ0) is 11.9. The number of Topliss-reactive ketones (excluding diaryl/α,β-unsaturated/α-hetero) is 1. The molecule has 0 unspecified atom stereocenters. The molecule has 0 heterocycles. The van der Waals surface area contributed by atoms with Gasteiger partial charge in [-0.15, -0.1) is 0 Å². The Morgan fingerprint density at radius 3 is 2.47 bits per heavy atom. The molecule has 1 aliphatic rings. The van der Waals surface area contributed by atoms with Crippen LogP contribution in [0, 0.1) is 5.92 Å². The predicted molar refractivity (Wildman–Crippen MR) is 71.0 cm³/mol. The normalized spacial score (nSPS) is 16.9. The molecule has 0 atom stereocenters. The Morgan fingerprint density at radius 2 is 1.76 bits per heavy atom. The van der Waals surface area contributed by atoms with Crippen LogP contribution >= 0.6 is 0 Å². The number of carbonyl (C=O) groups excluding carboxylic acids is 1. The van der Waals surface area contributed by atoms with Gasteiger partial charge in [0, 0.05) is 12.8 Å². The number of ketones is 1. The minimum absolute atomic E-state index is 0.404. The molecule has 1 heteroatoms. The number of hydrogen-bond acceptors (Lipinski definition) is 1. The van der Waals surface area contributed by atoms with Gasteiger partial charge in [-0.05, 0) is 17.9 Å². The zero-order valence-corrected chi connectivity index (χ0v) is 10.5. The average Bonchev–Trinajstić information content (AvgIpc) is 2.39. The van der Waals surface area contributed by atoms with Crippen LogP contribution in [0.1, 0.15) is 50.5 Å². The lowest BCUT2D eigenvalue weighted by molar-refractivity contribution is -0.118. The molecule has 0 bridgehead atoms. The summed E-state index contributed by atoms with van der Waals surface area (Å²) < 4.78 is 0. The lowest BCUT2D eigenvalue weighted by Crippen LogP contribution is -2.10. The first-order valence-electron chi connectivity index (χ1n) is 6.90. The van der Waals surface area contributed by atoms with E-state index in [1.807, 2.05) is 30.3 Å². The largest absolute Gasteiger partial charge is 0.299 e. The van der Waals surface area contributed by atoms with Crippen molar-refractivity contribution in [3.8, 4) is 0 Å². The number of rotatable bonds is 5. The molecule has 0 N–H and O–H groups in total. The summed E-state index contributed by atoms with van der Waals surface area (Å²) in [5.41, 5.74) is 1.15. The maximum atomic E-state index is 11.9. The van der Waals surface area contributed by atoms with Crippen LogP contribution in [0.5, 0.6) is 0 Å². The molecule has 0 aliphatic heterocycles. The van der Waals surface area contributed by atoms with E-state index in [0.29, 0.717) is 12.2 Å². The van der Waals surface area contributed by atoms with Crippen LogP contribution in [0.25, 0.3) is 0 Å². The van der Waals surface area contributed by atoms with Crippen molar-refractivity contribution in [1.29, 1.82) is 0 Å². The third-order valence-corrected chi connectivity index (χ3v) is 3.80. The van der Waals surface area contributed by atoms with Crippen molar-refractivity contribution < 1.29 is 4.79 Å². The maximum Gasteiger partial charge on any atom is 0.137 e.